The van der Waals surface area contributed by atoms with E-state index in [9.17, 15) is 9.90 Å². The Morgan fingerprint density at radius 1 is 1.35 bits per heavy atom. The lowest BCUT2D eigenvalue weighted by Gasteiger charge is -2.12. The van der Waals surface area contributed by atoms with E-state index in [1.807, 2.05) is 5.38 Å². The highest BCUT2D eigenvalue weighted by Crippen LogP contribution is 2.23. The minimum Gasteiger partial charge on any atom is -0.378 e. The van der Waals surface area contributed by atoms with Gasteiger partial charge in [0.2, 0.25) is 0 Å². The topological polar surface area (TPSA) is 62.2 Å². The van der Waals surface area contributed by atoms with Crippen molar-refractivity contribution in [2.75, 3.05) is 6.54 Å². The number of carbonyl (C=O) groups excluding carboxylic acids is 1. The van der Waals surface area contributed by atoms with E-state index < -0.39 is 12.0 Å². The number of aliphatic hydroxyl groups is 1. The molecule has 1 amide bonds. The van der Waals surface area contributed by atoms with Gasteiger partial charge in [-0.1, -0.05) is 23.2 Å². The number of halogens is 2. The Kier molecular flexibility index (Phi) is 5.37. The zero-order valence-electron chi connectivity index (χ0n) is 10.3. The molecule has 4 nitrogen and oxygen atoms in total. The van der Waals surface area contributed by atoms with Crippen LogP contribution >= 0.6 is 34.5 Å². The Hall–Kier alpha value is -1.14. The van der Waals surface area contributed by atoms with Crippen molar-refractivity contribution < 1.29 is 9.90 Å². The molecule has 0 saturated carbocycles. The van der Waals surface area contributed by atoms with Crippen molar-refractivity contribution in [2.45, 2.75) is 12.5 Å². The predicted octanol–water partition coefficient (Wildman–Crippen LogP) is 2.84. The molecule has 0 radical (unpaired) electrons. The second-order valence-electron chi connectivity index (χ2n) is 4.13. The molecule has 106 valence electrons. The number of aliphatic hydroxyl groups excluding tert-OH is 1. The first-order valence-electron chi connectivity index (χ1n) is 5.85. The lowest BCUT2D eigenvalue weighted by atomic mass is 10.1. The molecule has 1 aromatic carbocycles. The summed E-state index contributed by atoms with van der Waals surface area (Å²) in [4.78, 5) is 15.9. The molecule has 2 N–H and O–H groups in total. The zero-order chi connectivity index (χ0) is 14.5. The van der Waals surface area contributed by atoms with Gasteiger partial charge in [0, 0.05) is 28.4 Å². The van der Waals surface area contributed by atoms with Crippen LogP contribution in [0.15, 0.2) is 29.1 Å². The van der Waals surface area contributed by atoms with E-state index in [-0.39, 0.29) is 0 Å². The number of hydrogen-bond acceptors (Lipinski definition) is 4. The number of amides is 1. The van der Waals surface area contributed by atoms with Crippen LogP contribution in [0, 0.1) is 0 Å². The SMILES string of the molecule is O=C(NCCc1cscn1)C(O)c1cc(Cl)cc(Cl)c1. The normalized spacial score (nSPS) is 12.2. The molecule has 0 aliphatic carbocycles. The lowest BCUT2D eigenvalue weighted by Crippen LogP contribution is -2.31. The maximum absolute atomic E-state index is 11.8. The molecular weight excluding hydrogens is 319 g/mol. The quantitative estimate of drug-likeness (QED) is 0.886. The van der Waals surface area contributed by atoms with Gasteiger partial charge in [-0.05, 0) is 23.8 Å². The van der Waals surface area contributed by atoms with Crippen LogP contribution in [-0.2, 0) is 11.2 Å². The average molecular weight is 331 g/mol. The number of hydrogen-bond donors (Lipinski definition) is 2. The van der Waals surface area contributed by atoms with E-state index in [1.54, 1.807) is 11.6 Å². The lowest BCUT2D eigenvalue weighted by molar-refractivity contribution is -0.129. The van der Waals surface area contributed by atoms with E-state index in [0.29, 0.717) is 28.6 Å². The summed E-state index contributed by atoms with van der Waals surface area (Å²) in [5.74, 6) is -0.487. The Labute approximate surface area is 130 Å². The maximum atomic E-state index is 11.8. The largest absolute Gasteiger partial charge is 0.378 e. The highest BCUT2D eigenvalue weighted by atomic mass is 35.5. The van der Waals surface area contributed by atoms with Crippen molar-refractivity contribution in [1.82, 2.24) is 10.3 Å². The summed E-state index contributed by atoms with van der Waals surface area (Å²) in [5, 5.41) is 15.3. The molecule has 0 aliphatic heterocycles. The summed E-state index contributed by atoms with van der Waals surface area (Å²) in [5.41, 5.74) is 3.02. The van der Waals surface area contributed by atoms with Gasteiger partial charge < -0.3 is 10.4 Å². The first-order valence-corrected chi connectivity index (χ1v) is 7.55. The first kappa shape index (κ1) is 15.3. The van der Waals surface area contributed by atoms with Crippen LogP contribution in [0.2, 0.25) is 10.0 Å². The van der Waals surface area contributed by atoms with Gasteiger partial charge in [-0.25, -0.2) is 4.98 Å². The maximum Gasteiger partial charge on any atom is 0.253 e. The van der Waals surface area contributed by atoms with E-state index in [4.69, 9.17) is 23.2 Å². The van der Waals surface area contributed by atoms with Crippen LogP contribution in [0.5, 0.6) is 0 Å². The predicted molar refractivity (Wildman–Crippen MR) is 80.2 cm³/mol. The van der Waals surface area contributed by atoms with E-state index in [2.05, 4.69) is 10.3 Å². The molecule has 0 fully saturated rings. The summed E-state index contributed by atoms with van der Waals surface area (Å²) < 4.78 is 0. The summed E-state index contributed by atoms with van der Waals surface area (Å²) >= 11 is 13.2. The number of benzene rings is 1. The Morgan fingerprint density at radius 2 is 2.05 bits per heavy atom. The molecule has 0 saturated heterocycles. The van der Waals surface area contributed by atoms with Crippen molar-refractivity contribution in [1.29, 1.82) is 0 Å². The standard InChI is InChI=1S/C13H12Cl2N2O2S/c14-9-3-8(4-10(15)5-9)12(18)13(19)16-2-1-11-6-20-7-17-11/h3-7,12,18H,1-2H2,(H,16,19). The van der Waals surface area contributed by atoms with Crippen LogP contribution in [0.4, 0.5) is 0 Å². The molecule has 1 aromatic heterocycles. The number of aromatic nitrogens is 1. The number of carbonyl (C=O) groups is 1. The van der Waals surface area contributed by atoms with Gasteiger partial charge in [0.1, 0.15) is 0 Å². The van der Waals surface area contributed by atoms with Gasteiger partial charge in [-0.2, -0.15) is 0 Å². The van der Waals surface area contributed by atoms with Crippen molar-refractivity contribution in [2.24, 2.45) is 0 Å². The van der Waals surface area contributed by atoms with Crippen molar-refractivity contribution >= 4 is 40.4 Å². The van der Waals surface area contributed by atoms with Crippen molar-refractivity contribution in [3.05, 3.63) is 50.4 Å². The molecule has 1 atom stereocenters. The number of nitrogens with zero attached hydrogens (tertiary/aromatic N) is 1. The molecule has 1 heterocycles. The van der Waals surface area contributed by atoms with Crippen LogP contribution in [0.1, 0.15) is 17.4 Å². The minimum atomic E-state index is -1.29. The molecule has 2 aromatic rings. The Balaban J connectivity index is 1.91. The smallest absolute Gasteiger partial charge is 0.253 e. The highest BCUT2D eigenvalue weighted by molar-refractivity contribution is 7.07. The summed E-state index contributed by atoms with van der Waals surface area (Å²) in [6.07, 6.45) is -0.667. The van der Waals surface area contributed by atoms with Crippen LogP contribution < -0.4 is 5.32 Å². The fraction of sp³-hybridized carbons (Fsp3) is 0.231. The van der Waals surface area contributed by atoms with Gasteiger partial charge in [0.25, 0.3) is 5.91 Å². The third-order valence-corrected chi connectivity index (χ3v) is 3.68. The molecule has 1 unspecified atom stereocenters. The van der Waals surface area contributed by atoms with Crippen LogP contribution in [0.3, 0.4) is 0 Å². The highest BCUT2D eigenvalue weighted by Gasteiger charge is 2.17. The Morgan fingerprint density at radius 3 is 2.65 bits per heavy atom. The summed E-state index contributed by atoms with van der Waals surface area (Å²) in [6, 6.07) is 4.57. The third kappa shape index (κ3) is 4.18. The molecule has 0 spiro atoms. The molecule has 20 heavy (non-hydrogen) atoms. The summed E-state index contributed by atoms with van der Waals surface area (Å²) in [7, 11) is 0. The average Bonchev–Trinajstić information content (AvgIpc) is 2.89. The number of thiazole rings is 1. The van der Waals surface area contributed by atoms with Gasteiger partial charge in [-0.15, -0.1) is 11.3 Å². The third-order valence-electron chi connectivity index (χ3n) is 2.61. The number of rotatable bonds is 5. The van der Waals surface area contributed by atoms with Gasteiger partial charge in [-0.3, -0.25) is 4.79 Å². The molecule has 0 aliphatic rings. The van der Waals surface area contributed by atoms with E-state index >= 15 is 0 Å². The van der Waals surface area contributed by atoms with Crippen LogP contribution in [-0.4, -0.2) is 22.5 Å². The fourth-order valence-corrected chi connectivity index (χ4v) is 2.79. The molecule has 2 rings (SSSR count). The van der Waals surface area contributed by atoms with Gasteiger partial charge in [0.15, 0.2) is 6.10 Å². The zero-order valence-corrected chi connectivity index (χ0v) is 12.7. The monoisotopic (exact) mass is 330 g/mol. The minimum absolute atomic E-state index is 0.369. The van der Waals surface area contributed by atoms with Crippen LogP contribution in [0.25, 0.3) is 0 Å². The number of nitrogens with one attached hydrogen (secondary N) is 1. The Bertz CT molecular complexity index is 570. The van der Waals surface area contributed by atoms with Crippen molar-refractivity contribution in [3.8, 4) is 0 Å². The second-order valence-corrected chi connectivity index (χ2v) is 5.72. The fourth-order valence-electron chi connectivity index (χ4n) is 1.66. The molecule has 0 bridgehead atoms. The van der Waals surface area contributed by atoms with E-state index in [1.165, 1.54) is 23.5 Å². The second kappa shape index (κ2) is 7.04. The molecule has 7 heteroatoms. The van der Waals surface area contributed by atoms with Crippen molar-refractivity contribution in [3.63, 3.8) is 0 Å². The first-order chi connectivity index (χ1) is 9.56. The van der Waals surface area contributed by atoms with Gasteiger partial charge >= 0.3 is 0 Å². The van der Waals surface area contributed by atoms with E-state index in [0.717, 1.165) is 5.69 Å². The summed E-state index contributed by atoms with van der Waals surface area (Å²) in [6.45, 7) is 0.411. The van der Waals surface area contributed by atoms with Gasteiger partial charge in [0.05, 0.1) is 11.2 Å². The molecular formula is C13H12Cl2N2O2S.